The van der Waals surface area contributed by atoms with Crippen LogP contribution in [0.1, 0.15) is 20.3 Å². The number of aromatic nitrogens is 2. The lowest BCUT2D eigenvalue weighted by Crippen LogP contribution is -2.25. The van der Waals surface area contributed by atoms with Crippen LogP contribution < -0.4 is 5.32 Å². The highest BCUT2D eigenvalue weighted by atomic mass is 79.9. The van der Waals surface area contributed by atoms with Crippen LogP contribution in [-0.4, -0.2) is 41.0 Å². The zero-order valence-electron chi connectivity index (χ0n) is 12.1. The Bertz CT molecular complexity index is 555. The summed E-state index contributed by atoms with van der Waals surface area (Å²) in [5.74, 6) is 0.913. The monoisotopic (exact) mass is 336 g/mol. The minimum absolute atomic E-state index is 0.913. The molecule has 0 aliphatic carbocycles. The maximum Gasteiger partial charge on any atom is 0.137 e. The molecule has 1 aromatic carbocycles. The Morgan fingerprint density at radius 1 is 1.20 bits per heavy atom. The summed E-state index contributed by atoms with van der Waals surface area (Å²) >= 11 is 3.53. The van der Waals surface area contributed by atoms with E-state index in [2.05, 4.69) is 50.0 Å². The van der Waals surface area contributed by atoms with E-state index in [1.54, 1.807) is 6.33 Å². The highest BCUT2D eigenvalue weighted by molar-refractivity contribution is 9.10. The van der Waals surface area contributed by atoms with Gasteiger partial charge in [0.2, 0.25) is 0 Å². The molecular weight excluding hydrogens is 316 g/mol. The van der Waals surface area contributed by atoms with Crippen molar-refractivity contribution in [3.63, 3.8) is 0 Å². The van der Waals surface area contributed by atoms with E-state index in [1.165, 1.54) is 0 Å². The summed E-state index contributed by atoms with van der Waals surface area (Å²) in [5, 5.41) is 4.48. The minimum Gasteiger partial charge on any atom is -0.369 e. The molecule has 0 amide bonds. The molecule has 108 valence electrons. The first-order valence-electron chi connectivity index (χ1n) is 7.11. The Kier molecular flexibility index (Phi) is 5.73. The molecule has 0 saturated carbocycles. The summed E-state index contributed by atoms with van der Waals surface area (Å²) in [6, 6.07) is 6.06. The fraction of sp³-hybridized carbons (Fsp3) is 0.467. The van der Waals surface area contributed by atoms with E-state index in [-0.39, 0.29) is 0 Å². The number of nitrogens with one attached hydrogen (secondary N) is 1. The van der Waals surface area contributed by atoms with Gasteiger partial charge < -0.3 is 10.2 Å². The van der Waals surface area contributed by atoms with Crippen molar-refractivity contribution in [2.24, 2.45) is 0 Å². The van der Waals surface area contributed by atoms with Gasteiger partial charge in [0.1, 0.15) is 12.1 Å². The second-order valence-corrected chi connectivity index (χ2v) is 5.52. The fourth-order valence-corrected chi connectivity index (χ4v) is 2.71. The SMILES string of the molecule is CCN(CC)CCCNc1ncnc2c(Br)cccc12. The smallest absolute Gasteiger partial charge is 0.137 e. The molecule has 0 fully saturated rings. The Hall–Kier alpha value is -1.20. The summed E-state index contributed by atoms with van der Waals surface area (Å²) < 4.78 is 1.00. The largest absolute Gasteiger partial charge is 0.369 e. The molecule has 0 atom stereocenters. The Morgan fingerprint density at radius 3 is 2.75 bits per heavy atom. The summed E-state index contributed by atoms with van der Waals surface area (Å²) in [6.45, 7) is 8.67. The number of fused-ring (bicyclic) bond motifs is 1. The average molecular weight is 337 g/mol. The molecular formula is C15H21BrN4. The fourth-order valence-electron chi connectivity index (χ4n) is 2.24. The van der Waals surface area contributed by atoms with Gasteiger partial charge in [0.15, 0.2) is 0 Å². The zero-order valence-corrected chi connectivity index (χ0v) is 13.7. The van der Waals surface area contributed by atoms with E-state index in [9.17, 15) is 0 Å². The van der Waals surface area contributed by atoms with Crippen molar-refractivity contribution in [3.05, 3.63) is 29.0 Å². The standard InChI is InChI=1S/C15H21BrN4/c1-3-20(4-2)10-6-9-17-15-12-7-5-8-13(16)14(12)18-11-19-15/h5,7-8,11H,3-4,6,9-10H2,1-2H3,(H,17,18,19). The van der Waals surface area contributed by atoms with E-state index in [1.807, 2.05) is 18.2 Å². The Balaban J connectivity index is 1.98. The van der Waals surface area contributed by atoms with Crippen molar-refractivity contribution >= 4 is 32.7 Å². The number of anilines is 1. The van der Waals surface area contributed by atoms with Crippen LogP contribution in [0.4, 0.5) is 5.82 Å². The van der Waals surface area contributed by atoms with Crippen LogP contribution in [0.3, 0.4) is 0 Å². The molecule has 0 saturated heterocycles. The van der Waals surface area contributed by atoms with Crippen molar-refractivity contribution in [1.82, 2.24) is 14.9 Å². The number of hydrogen-bond donors (Lipinski definition) is 1. The average Bonchev–Trinajstić information content (AvgIpc) is 2.48. The summed E-state index contributed by atoms with van der Waals surface area (Å²) in [5.41, 5.74) is 0.953. The number of benzene rings is 1. The predicted octanol–water partition coefficient (Wildman–Crippen LogP) is 3.54. The van der Waals surface area contributed by atoms with Gasteiger partial charge in [-0.05, 0) is 54.1 Å². The number of halogens is 1. The summed E-state index contributed by atoms with van der Waals surface area (Å²) in [6.07, 6.45) is 2.72. The van der Waals surface area contributed by atoms with Crippen molar-refractivity contribution in [1.29, 1.82) is 0 Å². The summed E-state index contributed by atoms with van der Waals surface area (Å²) in [7, 11) is 0. The molecule has 0 bridgehead atoms. The van der Waals surface area contributed by atoms with Crippen LogP contribution in [0.2, 0.25) is 0 Å². The van der Waals surface area contributed by atoms with Crippen molar-refractivity contribution in [2.75, 3.05) is 31.5 Å². The topological polar surface area (TPSA) is 41.0 Å². The van der Waals surface area contributed by atoms with Gasteiger partial charge in [0, 0.05) is 16.4 Å². The normalized spacial score (nSPS) is 11.2. The van der Waals surface area contributed by atoms with Gasteiger partial charge in [-0.25, -0.2) is 9.97 Å². The first-order chi connectivity index (χ1) is 9.76. The third kappa shape index (κ3) is 3.67. The molecule has 20 heavy (non-hydrogen) atoms. The van der Waals surface area contributed by atoms with Crippen LogP contribution in [-0.2, 0) is 0 Å². The maximum atomic E-state index is 4.35. The molecule has 1 aromatic heterocycles. The molecule has 1 N–H and O–H groups in total. The quantitative estimate of drug-likeness (QED) is 0.785. The highest BCUT2D eigenvalue weighted by Crippen LogP contribution is 2.25. The highest BCUT2D eigenvalue weighted by Gasteiger charge is 2.05. The molecule has 1 heterocycles. The van der Waals surface area contributed by atoms with E-state index in [0.29, 0.717) is 0 Å². The number of nitrogens with zero attached hydrogens (tertiary/aromatic N) is 3. The predicted molar refractivity (Wildman–Crippen MR) is 88.1 cm³/mol. The second-order valence-electron chi connectivity index (χ2n) is 4.67. The number of rotatable bonds is 7. The lowest BCUT2D eigenvalue weighted by atomic mass is 10.2. The molecule has 2 rings (SSSR count). The first-order valence-corrected chi connectivity index (χ1v) is 7.91. The zero-order chi connectivity index (χ0) is 14.4. The molecule has 0 unspecified atom stereocenters. The van der Waals surface area contributed by atoms with E-state index < -0.39 is 0 Å². The molecule has 2 aromatic rings. The van der Waals surface area contributed by atoms with Gasteiger partial charge in [0.05, 0.1) is 5.52 Å². The number of hydrogen-bond acceptors (Lipinski definition) is 4. The number of para-hydroxylation sites is 1. The van der Waals surface area contributed by atoms with Crippen molar-refractivity contribution in [2.45, 2.75) is 20.3 Å². The van der Waals surface area contributed by atoms with Crippen LogP contribution in [0, 0.1) is 0 Å². The maximum absolute atomic E-state index is 4.35. The van der Waals surface area contributed by atoms with Gasteiger partial charge in [-0.1, -0.05) is 19.9 Å². The van der Waals surface area contributed by atoms with Gasteiger partial charge in [0.25, 0.3) is 0 Å². The molecule has 0 radical (unpaired) electrons. The molecule has 5 heteroatoms. The van der Waals surface area contributed by atoms with Crippen LogP contribution in [0.25, 0.3) is 10.9 Å². The van der Waals surface area contributed by atoms with Gasteiger partial charge in [-0.3, -0.25) is 0 Å². The Labute approximate surface area is 128 Å². The molecule has 0 aliphatic heterocycles. The second kappa shape index (κ2) is 7.55. The van der Waals surface area contributed by atoms with Crippen molar-refractivity contribution in [3.8, 4) is 0 Å². The van der Waals surface area contributed by atoms with Gasteiger partial charge in [-0.2, -0.15) is 0 Å². The van der Waals surface area contributed by atoms with Gasteiger partial charge in [-0.15, -0.1) is 0 Å². The lowest BCUT2D eigenvalue weighted by molar-refractivity contribution is 0.303. The van der Waals surface area contributed by atoms with E-state index in [0.717, 1.165) is 53.8 Å². The lowest BCUT2D eigenvalue weighted by Gasteiger charge is -2.18. The summed E-state index contributed by atoms with van der Waals surface area (Å²) in [4.78, 5) is 11.1. The minimum atomic E-state index is 0.913. The van der Waals surface area contributed by atoms with E-state index in [4.69, 9.17) is 0 Å². The molecule has 0 aliphatic rings. The first kappa shape index (κ1) is 15.2. The molecule has 4 nitrogen and oxygen atoms in total. The van der Waals surface area contributed by atoms with Crippen molar-refractivity contribution < 1.29 is 0 Å². The molecule has 0 spiro atoms. The third-order valence-corrected chi connectivity index (χ3v) is 4.09. The third-order valence-electron chi connectivity index (χ3n) is 3.45. The van der Waals surface area contributed by atoms with Gasteiger partial charge >= 0.3 is 0 Å². The van der Waals surface area contributed by atoms with Crippen LogP contribution >= 0.6 is 15.9 Å². The van der Waals surface area contributed by atoms with Crippen LogP contribution in [0.5, 0.6) is 0 Å². The van der Waals surface area contributed by atoms with Crippen LogP contribution in [0.15, 0.2) is 29.0 Å². The Morgan fingerprint density at radius 2 is 2.00 bits per heavy atom. The van der Waals surface area contributed by atoms with E-state index >= 15 is 0 Å².